The number of rotatable bonds is 5. The summed E-state index contributed by atoms with van der Waals surface area (Å²) in [6.45, 7) is 14.4. The van der Waals surface area contributed by atoms with Crippen molar-refractivity contribution in [3.05, 3.63) is 0 Å². The molecule has 1 saturated heterocycles. The molecule has 0 aromatic heterocycles. The largest absolute Gasteiger partial charge is 0.465 e. The lowest BCUT2D eigenvalue weighted by Crippen LogP contribution is -2.44. The van der Waals surface area contributed by atoms with Crippen molar-refractivity contribution in [1.82, 2.24) is 4.90 Å². The van der Waals surface area contributed by atoms with Crippen LogP contribution in [-0.2, 0) is 9.16 Å². The molecule has 1 aliphatic rings. The lowest BCUT2D eigenvalue weighted by atomic mass is 10.2. The molecule has 1 amide bonds. The molecule has 0 aromatic rings. The Morgan fingerprint density at radius 1 is 1.40 bits per heavy atom. The van der Waals surface area contributed by atoms with Crippen molar-refractivity contribution in [2.45, 2.75) is 64.4 Å². The molecule has 0 unspecified atom stereocenters. The fraction of sp³-hybridized carbons (Fsp3) is 0.929. The Bertz CT molecular complexity index is 341. The lowest BCUT2D eigenvalue weighted by Gasteiger charge is -2.38. The first-order valence-corrected chi connectivity index (χ1v) is 10.2. The summed E-state index contributed by atoms with van der Waals surface area (Å²) in [7, 11) is -1.86. The molecule has 1 fully saturated rings. The van der Waals surface area contributed by atoms with Crippen LogP contribution >= 0.6 is 0 Å². The van der Waals surface area contributed by atoms with Crippen molar-refractivity contribution in [3.63, 3.8) is 0 Å². The van der Waals surface area contributed by atoms with Gasteiger partial charge in [-0.25, -0.2) is 4.79 Å². The number of amides is 1. The average molecular weight is 303 g/mol. The van der Waals surface area contributed by atoms with Gasteiger partial charge in [-0.3, -0.25) is 0 Å². The van der Waals surface area contributed by atoms with Gasteiger partial charge in [-0.05, 0) is 31.5 Å². The highest BCUT2D eigenvalue weighted by Crippen LogP contribution is 2.38. The summed E-state index contributed by atoms with van der Waals surface area (Å²) in [6, 6.07) is -0.0813. The maximum atomic E-state index is 11.3. The molecule has 6 heteroatoms. The minimum Gasteiger partial charge on any atom is -0.465 e. The highest BCUT2D eigenvalue weighted by atomic mass is 28.4. The minimum absolute atomic E-state index is 0.00236. The Morgan fingerprint density at radius 3 is 2.45 bits per heavy atom. The van der Waals surface area contributed by atoms with Crippen LogP contribution in [0.15, 0.2) is 0 Å². The van der Waals surface area contributed by atoms with Crippen LogP contribution in [0.2, 0.25) is 18.1 Å². The molecule has 1 N–H and O–H groups in total. The molecule has 118 valence electrons. The number of hydrogen-bond acceptors (Lipinski definition) is 3. The monoisotopic (exact) mass is 303 g/mol. The first-order chi connectivity index (χ1) is 9.08. The number of hydrogen-bond donors (Lipinski definition) is 1. The number of nitrogens with zero attached hydrogens (tertiary/aromatic N) is 1. The summed E-state index contributed by atoms with van der Waals surface area (Å²) < 4.78 is 11.7. The zero-order valence-electron chi connectivity index (χ0n) is 13.6. The van der Waals surface area contributed by atoms with E-state index in [1.54, 1.807) is 0 Å². The summed E-state index contributed by atoms with van der Waals surface area (Å²) >= 11 is 0. The van der Waals surface area contributed by atoms with E-state index in [2.05, 4.69) is 33.9 Å². The van der Waals surface area contributed by atoms with Gasteiger partial charge in [0.1, 0.15) is 0 Å². The molecule has 2 atom stereocenters. The first kappa shape index (κ1) is 17.5. The molecule has 0 saturated carbocycles. The van der Waals surface area contributed by atoms with Gasteiger partial charge in [-0.1, -0.05) is 20.8 Å². The van der Waals surface area contributed by atoms with Crippen molar-refractivity contribution in [2.75, 3.05) is 19.8 Å². The molecular weight excluding hydrogens is 274 g/mol. The second-order valence-corrected chi connectivity index (χ2v) is 11.7. The number of likely N-dealkylation sites (tertiary alicyclic amines) is 1. The molecule has 1 heterocycles. The topological polar surface area (TPSA) is 59.0 Å². The predicted molar refractivity (Wildman–Crippen MR) is 81.7 cm³/mol. The molecule has 0 spiro atoms. The fourth-order valence-corrected chi connectivity index (χ4v) is 3.56. The highest BCUT2D eigenvalue weighted by Gasteiger charge is 2.43. The van der Waals surface area contributed by atoms with E-state index in [0.717, 1.165) is 6.42 Å². The zero-order valence-corrected chi connectivity index (χ0v) is 14.6. The maximum Gasteiger partial charge on any atom is 0.407 e. The van der Waals surface area contributed by atoms with Crippen molar-refractivity contribution < 1.29 is 19.1 Å². The first-order valence-electron chi connectivity index (χ1n) is 7.33. The summed E-state index contributed by atoms with van der Waals surface area (Å²) in [5.41, 5.74) is 0. The van der Waals surface area contributed by atoms with Gasteiger partial charge < -0.3 is 19.2 Å². The molecule has 5 nitrogen and oxygen atoms in total. The van der Waals surface area contributed by atoms with Gasteiger partial charge in [0, 0.05) is 13.2 Å². The third-order valence-electron chi connectivity index (χ3n) is 4.40. The van der Waals surface area contributed by atoms with Crippen LogP contribution in [0, 0.1) is 0 Å². The van der Waals surface area contributed by atoms with Crippen LogP contribution in [0.5, 0.6) is 0 Å². The Morgan fingerprint density at radius 2 is 2.00 bits per heavy atom. The summed E-state index contributed by atoms with van der Waals surface area (Å²) in [4.78, 5) is 12.8. The second-order valence-electron chi connectivity index (χ2n) is 6.98. The van der Waals surface area contributed by atoms with E-state index >= 15 is 0 Å². The van der Waals surface area contributed by atoms with E-state index in [4.69, 9.17) is 9.16 Å². The summed E-state index contributed by atoms with van der Waals surface area (Å²) in [6.07, 6.45) is -0.146. The van der Waals surface area contributed by atoms with E-state index in [1.165, 1.54) is 4.90 Å². The molecule has 20 heavy (non-hydrogen) atoms. The minimum atomic E-state index is -1.86. The molecule has 0 bridgehead atoms. The van der Waals surface area contributed by atoms with Gasteiger partial charge in [0.15, 0.2) is 8.32 Å². The van der Waals surface area contributed by atoms with E-state index in [9.17, 15) is 9.90 Å². The van der Waals surface area contributed by atoms with Crippen molar-refractivity contribution in [3.8, 4) is 0 Å². The quantitative estimate of drug-likeness (QED) is 0.793. The third-order valence-corrected chi connectivity index (χ3v) is 8.94. The van der Waals surface area contributed by atoms with Gasteiger partial charge in [-0.15, -0.1) is 0 Å². The van der Waals surface area contributed by atoms with Crippen LogP contribution in [-0.4, -0.2) is 56.3 Å². The van der Waals surface area contributed by atoms with Gasteiger partial charge in [0.2, 0.25) is 0 Å². The van der Waals surface area contributed by atoms with Crippen LogP contribution in [0.1, 0.15) is 34.1 Å². The molecular formula is C14H29NO4Si. The van der Waals surface area contributed by atoms with Crippen LogP contribution in [0.3, 0.4) is 0 Å². The smallest absolute Gasteiger partial charge is 0.407 e. The van der Waals surface area contributed by atoms with E-state index < -0.39 is 14.4 Å². The van der Waals surface area contributed by atoms with Crippen molar-refractivity contribution >= 4 is 14.4 Å². The Balaban J connectivity index is 2.68. The van der Waals surface area contributed by atoms with Crippen molar-refractivity contribution in [1.29, 1.82) is 0 Å². The van der Waals surface area contributed by atoms with Gasteiger partial charge in [-0.2, -0.15) is 0 Å². The molecule has 0 radical (unpaired) electrons. The summed E-state index contributed by atoms with van der Waals surface area (Å²) in [5, 5.41) is 9.42. The maximum absolute atomic E-state index is 11.3. The SMILES string of the molecule is CCOC[C@H]1C[C@H](O[Si](C)(C)C(C)(C)C)CN1C(=O)O. The van der Waals surface area contributed by atoms with Crippen LogP contribution in [0.4, 0.5) is 4.79 Å². The highest BCUT2D eigenvalue weighted by molar-refractivity contribution is 6.74. The molecule has 1 rings (SSSR count). The van der Waals surface area contributed by atoms with Gasteiger partial charge in [0.05, 0.1) is 18.8 Å². The van der Waals surface area contributed by atoms with E-state index in [1.807, 2.05) is 6.92 Å². The predicted octanol–water partition coefficient (Wildman–Crippen LogP) is 3.17. The third kappa shape index (κ3) is 4.20. The Hall–Kier alpha value is -0.593. The van der Waals surface area contributed by atoms with E-state index in [0.29, 0.717) is 19.8 Å². The molecule has 0 aromatic carbocycles. The summed E-state index contributed by atoms with van der Waals surface area (Å²) in [5.74, 6) is 0. The Kier molecular flexibility index (Phi) is 5.63. The molecule has 0 aliphatic carbocycles. The van der Waals surface area contributed by atoms with E-state index in [-0.39, 0.29) is 17.2 Å². The average Bonchev–Trinajstić information content (AvgIpc) is 2.67. The Labute approximate surface area is 123 Å². The normalized spacial score (nSPS) is 24.2. The number of carboxylic acid groups (broad SMARTS) is 1. The standard InChI is InChI=1S/C14H29NO4Si/c1-7-18-10-11-8-12(9-15(11)13(16)17)19-20(5,6)14(2,3)4/h11-12H,7-10H2,1-6H3,(H,16,17)/t11-,12+/m1/s1. The van der Waals surface area contributed by atoms with Crippen LogP contribution < -0.4 is 0 Å². The number of ether oxygens (including phenoxy) is 1. The molecule has 1 aliphatic heterocycles. The fourth-order valence-electron chi connectivity index (χ4n) is 2.20. The van der Waals surface area contributed by atoms with Crippen molar-refractivity contribution in [2.24, 2.45) is 0 Å². The zero-order chi connectivity index (χ0) is 15.6. The number of carbonyl (C=O) groups is 1. The van der Waals surface area contributed by atoms with Crippen LogP contribution in [0.25, 0.3) is 0 Å². The second kappa shape index (κ2) is 6.45. The van der Waals surface area contributed by atoms with Gasteiger partial charge in [0.25, 0.3) is 0 Å². The lowest BCUT2D eigenvalue weighted by molar-refractivity contribution is 0.0790. The van der Waals surface area contributed by atoms with Gasteiger partial charge >= 0.3 is 6.09 Å².